The van der Waals surface area contributed by atoms with Gasteiger partial charge in [-0.05, 0) is 42.7 Å². The zero-order valence-corrected chi connectivity index (χ0v) is 12.1. The van der Waals surface area contributed by atoms with Crippen LogP contribution in [0, 0.1) is 17.8 Å². The van der Waals surface area contributed by atoms with Crippen molar-refractivity contribution in [2.24, 2.45) is 17.8 Å². The van der Waals surface area contributed by atoms with Gasteiger partial charge in [0.2, 0.25) is 5.88 Å². The zero-order valence-electron chi connectivity index (χ0n) is 12.1. The number of nitrogens with one attached hydrogen (secondary N) is 1. The lowest BCUT2D eigenvalue weighted by molar-refractivity contribution is 0.263. The summed E-state index contributed by atoms with van der Waals surface area (Å²) in [6.45, 7) is 8.10. The molecule has 1 aliphatic carbocycles. The van der Waals surface area contributed by atoms with Crippen LogP contribution in [-0.2, 0) is 0 Å². The zero-order chi connectivity index (χ0) is 13.8. The van der Waals surface area contributed by atoms with Crippen molar-refractivity contribution < 1.29 is 4.74 Å². The second kappa shape index (κ2) is 6.13. The van der Waals surface area contributed by atoms with Gasteiger partial charge < -0.3 is 15.8 Å². The van der Waals surface area contributed by atoms with E-state index in [9.17, 15) is 0 Å². The number of pyridine rings is 1. The monoisotopic (exact) mass is 263 g/mol. The maximum atomic E-state index is 5.87. The smallest absolute Gasteiger partial charge is 0.239 e. The van der Waals surface area contributed by atoms with Crippen LogP contribution >= 0.6 is 0 Å². The fourth-order valence-corrected chi connectivity index (χ4v) is 2.01. The van der Waals surface area contributed by atoms with Crippen molar-refractivity contribution >= 4 is 11.5 Å². The summed E-state index contributed by atoms with van der Waals surface area (Å²) in [5, 5.41) is 3.37. The first kappa shape index (κ1) is 14.0. The van der Waals surface area contributed by atoms with Gasteiger partial charge in [0.15, 0.2) is 0 Å². The number of hydrogen-bond acceptors (Lipinski definition) is 4. The predicted molar refractivity (Wildman–Crippen MR) is 79.4 cm³/mol. The van der Waals surface area contributed by atoms with Crippen LogP contribution in [-0.4, -0.2) is 18.1 Å². The molecule has 0 aromatic carbocycles. The second-order valence-electron chi connectivity index (χ2n) is 5.99. The fourth-order valence-electron chi connectivity index (χ4n) is 2.01. The van der Waals surface area contributed by atoms with E-state index in [1.165, 1.54) is 12.8 Å². The standard InChI is InChI=1S/C15H25N3O/c1-10(2)9-19-15-13(16)6-7-14(18-15)17-8-11(3)12-4-5-12/h6-7,10-12H,4-5,8-9,16H2,1-3H3,(H,17,18). The Morgan fingerprint density at radius 1 is 1.37 bits per heavy atom. The van der Waals surface area contributed by atoms with Crippen molar-refractivity contribution in [3.8, 4) is 5.88 Å². The maximum Gasteiger partial charge on any atom is 0.239 e. The molecule has 1 heterocycles. The molecule has 1 aromatic rings. The Balaban J connectivity index is 1.90. The van der Waals surface area contributed by atoms with E-state index in [4.69, 9.17) is 10.5 Å². The van der Waals surface area contributed by atoms with Gasteiger partial charge in [-0.25, -0.2) is 0 Å². The molecule has 106 valence electrons. The Morgan fingerprint density at radius 2 is 2.11 bits per heavy atom. The van der Waals surface area contributed by atoms with Crippen LogP contribution in [0.1, 0.15) is 33.6 Å². The Bertz CT molecular complexity index is 416. The third-order valence-corrected chi connectivity index (χ3v) is 3.47. The molecule has 0 spiro atoms. The van der Waals surface area contributed by atoms with Crippen LogP contribution in [0.5, 0.6) is 5.88 Å². The van der Waals surface area contributed by atoms with Crippen molar-refractivity contribution in [2.45, 2.75) is 33.6 Å². The number of aromatic nitrogens is 1. The van der Waals surface area contributed by atoms with Crippen LogP contribution in [0.15, 0.2) is 12.1 Å². The van der Waals surface area contributed by atoms with E-state index in [0.29, 0.717) is 30.0 Å². The predicted octanol–water partition coefficient (Wildman–Crippen LogP) is 3.16. The minimum absolute atomic E-state index is 0.465. The summed E-state index contributed by atoms with van der Waals surface area (Å²) in [4.78, 5) is 4.44. The second-order valence-corrected chi connectivity index (χ2v) is 5.99. The van der Waals surface area contributed by atoms with Crippen LogP contribution in [0.3, 0.4) is 0 Å². The van der Waals surface area contributed by atoms with Crippen LogP contribution in [0.25, 0.3) is 0 Å². The molecule has 4 nitrogen and oxygen atoms in total. The molecule has 0 bridgehead atoms. The summed E-state index contributed by atoms with van der Waals surface area (Å²) in [6, 6.07) is 3.77. The van der Waals surface area contributed by atoms with Crippen molar-refractivity contribution in [2.75, 3.05) is 24.2 Å². The van der Waals surface area contributed by atoms with Crippen molar-refractivity contribution in [1.29, 1.82) is 0 Å². The topological polar surface area (TPSA) is 60.2 Å². The number of rotatable bonds is 7. The summed E-state index contributed by atoms with van der Waals surface area (Å²) >= 11 is 0. The summed E-state index contributed by atoms with van der Waals surface area (Å²) in [5.41, 5.74) is 6.47. The SMILES string of the molecule is CC(C)COc1nc(NCC(C)C2CC2)ccc1N. The van der Waals surface area contributed by atoms with E-state index in [1.54, 1.807) is 0 Å². The van der Waals surface area contributed by atoms with Gasteiger partial charge >= 0.3 is 0 Å². The Labute approximate surface area is 115 Å². The average molecular weight is 263 g/mol. The van der Waals surface area contributed by atoms with E-state index in [1.807, 2.05) is 12.1 Å². The number of hydrogen-bond donors (Lipinski definition) is 2. The van der Waals surface area contributed by atoms with Gasteiger partial charge in [0.05, 0.1) is 12.3 Å². The van der Waals surface area contributed by atoms with Gasteiger partial charge in [-0.1, -0.05) is 20.8 Å². The molecule has 3 N–H and O–H groups in total. The number of anilines is 2. The van der Waals surface area contributed by atoms with Gasteiger partial charge in [0.25, 0.3) is 0 Å². The first-order valence-corrected chi connectivity index (χ1v) is 7.19. The number of ether oxygens (including phenoxy) is 1. The highest BCUT2D eigenvalue weighted by Crippen LogP contribution is 2.36. The normalized spacial score (nSPS) is 16.4. The molecule has 1 fully saturated rings. The minimum Gasteiger partial charge on any atom is -0.476 e. The molecule has 1 aromatic heterocycles. The Hall–Kier alpha value is -1.45. The van der Waals surface area contributed by atoms with Gasteiger partial charge in [0, 0.05) is 6.54 Å². The molecule has 2 rings (SSSR count). The summed E-state index contributed by atoms with van der Waals surface area (Å²) in [7, 11) is 0. The third kappa shape index (κ3) is 4.30. The van der Waals surface area contributed by atoms with Crippen molar-refractivity contribution in [3.05, 3.63) is 12.1 Å². The Morgan fingerprint density at radius 3 is 2.74 bits per heavy atom. The third-order valence-electron chi connectivity index (χ3n) is 3.47. The fraction of sp³-hybridized carbons (Fsp3) is 0.667. The molecular formula is C15H25N3O. The maximum absolute atomic E-state index is 5.87. The molecule has 1 aliphatic rings. The first-order chi connectivity index (χ1) is 9.06. The molecule has 0 amide bonds. The van der Waals surface area contributed by atoms with Crippen molar-refractivity contribution in [3.63, 3.8) is 0 Å². The van der Waals surface area contributed by atoms with Crippen molar-refractivity contribution in [1.82, 2.24) is 4.98 Å². The van der Waals surface area contributed by atoms with Gasteiger partial charge in [-0.15, -0.1) is 0 Å². The van der Waals surface area contributed by atoms with E-state index in [-0.39, 0.29) is 0 Å². The first-order valence-electron chi connectivity index (χ1n) is 7.19. The molecule has 4 heteroatoms. The summed E-state index contributed by atoms with van der Waals surface area (Å²) in [5.74, 6) is 3.46. The van der Waals surface area contributed by atoms with E-state index >= 15 is 0 Å². The van der Waals surface area contributed by atoms with Crippen LogP contribution < -0.4 is 15.8 Å². The molecular weight excluding hydrogens is 238 g/mol. The molecule has 1 unspecified atom stereocenters. The lowest BCUT2D eigenvalue weighted by Gasteiger charge is -2.14. The molecule has 1 saturated carbocycles. The number of nitrogens with zero attached hydrogens (tertiary/aromatic N) is 1. The molecule has 1 atom stereocenters. The van der Waals surface area contributed by atoms with Gasteiger partial charge in [0.1, 0.15) is 5.82 Å². The Kier molecular flexibility index (Phi) is 4.51. The molecule has 0 radical (unpaired) electrons. The number of nitrogen functional groups attached to an aromatic ring is 1. The largest absolute Gasteiger partial charge is 0.476 e. The van der Waals surface area contributed by atoms with Gasteiger partial charge in [-0.2, -0.15) is 4.98 Å². The highest BCUT2D eigenvalue weighted by Gasteiger charge is 2.27. The molecule has 19 heavy (non-hydrogen) atoms. The van der Waals surface area contributed by atoms with Crippen LogP contribution in [0.2, 0.25) is 0 Å². The molecule has 0 saturated heterocycles. The lowest BCUT2D eigenvalue weighted by Crippen LogP contribution is -2.14. The van der Waals surface area contributed by atoms with E-state index in [2.05, 4.69) is 31.1 Å². The lowest BCUT2D eigenvalue weighted by atomic mass is 10.1. The highest BCUT2D eigenvalue weighted by atomic mass is 16.5. The highest BCUT2D eigenvalue weighted by molar-refractivity contribution is 5.53. The number of nitrogens with two attached hydrogens (primary N) is 1. The van der Waals surface area contributed by atoms with E-state index in [0.717, 1.165) is 18.3 Å². The quantitative estimate of drug-likeness (QED) is 0.793. The van der Waals surface area contributed by atoms with E-state index < -0.39 is 0 Å². The minimum atomic E-state index is 0.465. The average Bonchev–Trinajstić information content (AvgIpc) is 3.20. The summed E-state index contributed by atoms with van der Waals surface area (Å²) in [6.07, 6.45) is 2.75. The van der Waals surface area contributed by atoms with Crippen LogP contribution in [0.4, 0.5) is 11.5 Å². The van der Waals surface area contributed by atoms with Gasteiger partial charge in [-0.3, -0.25) is 0 Å². The molecule has 0 aliphatic heterocycles. The summed E-state index contributed by atoms with van der Waals surface area (Å²) < 4.78 is 5.63.